The van der Waals surface area contributed by atoms with Crippen LogP contribution in [0.3, 0.4) is 0 Å². The maximum atomic E-state index is 12.3. The number of nitrogens with one attached hydrogen (secondary N) is 1. The summed E-state index contributed by atoms with van der Waals surface area (Å²) in [7, 11) is 0. The highest BCUT2D eigenvalue weighted by atomic mass is 16.5. The molecular weight excluding hydrogens is 300 g/mol. The van der Waals surface area contributed by atoms with Gasteiger partial charge in [-0.05, 0) is 37.6 Å². The molecule has 0 saturated carbocycles. The standard InChI is InChI=1S/C20H20N2O2/c1-3-15(2)24-19-12-8-7-9-16(19)13-17(14-21)20(23)22-18-10-5-4-6-11-18/h4-13,15H,3H2,1-2H3,(H,22,23)/b17-13+/t15-/m0/s1. The van der Waals surface area contributed by atoms with Gasteiger partial charge in [0.05, 0.1) is 6.10 Å². The van der Waals surface area contributed by atoms with E-state index in [1.807, 2.05) is 62.4 Å². The first-order valence-electron chi connectivity index (χ1n) is 7.88. The number of anilines is 1. The molecule has 0 fully saturated rings. The second kappa shape index (κ2) is 8.54. The number of hydrogen-bond donors (Lipinski definition) is 1. The lowest BCUT2D eigenvalue weighted by Gasteiger charge is -2.14. The van der Waals surface area contributed by atoms with Crippen molar-refractivity contribution in [1.29, 1.82) is 5.26 Å². The van der Waals surface area contributed by atoms with Crippen LogP contribution in [0.4, 0.5) is 5.69 Å². The lowest BCUT2D eigenvalue weighted by molar-refractivity contribution is -0.112. The summed E-state index contributed by atoms with van der Waals surface area (Å²) in [6.07, 6.45) is 2.48. The molecule has 0 aliphatic heterocycles. The van der Waals surface area contributed by atoms with Crippen LogP contribution < -0.4 is 10.1 Å². The smallest absolute Gasteiger partial charge is 0.266 e. The molecule has 2 rings (SSSR count). The van der Waals surface area contributed by atoms with Crippen molar-refractivity contribution in [3.63, 3.8) is 0 Å². The lowest BCUT2D eigenvalue weighted by Crippen LogP contribution is -2.14. The third-order valence-corrected chi connectivity index (χ3v) is 3.52. The summed E-state index contributed by atoms with van der Waals surface area (Å²) >= 11 is 0. The van der Waals surface area contributed by atoms with E-state index in [0.29, 0.717) is 17.0 Å². The molecule has 0 aliphatic carbocycles. The number of para-hydroxylation sites is 2. The number of ether oxygens (including phenoxy) is 1. The maximum Gasteiger partial charge on any atom is 0.266 e. The van der Waals surface area contributed by atoms with E-state index < -0.39 is 5.91 Å². The van der Waals surface area contributed by atoms with Crippen molar-refractivity contribution < 1.29 is 9.53 Å². The van der Waals surface area contributed by atoms with Crippen LogP contribution in [0.1, 0.15) is 25.8 Å². The average molecular weight is 320 g/mol. The molecular formula is C20H20N2O2. The molecule has 4 nitrogen and oxygen atoms in total. The van der Waals surface area contributed by atoms with Gasteiger partial charge in [-0.15, -0.1) is 0 Å². The summed E-state index contributed by atoms with van der Waals surface area (Å²) in [5.41, 5.74) is 1.38. The summed E-state index contributed by atoms with van der Waals surface area (Å²) in [6, 6.07) is 18.4. The first-order chi connectivity index (χ1) is 11.6. The van der Waals surface area contributed by atoms with E-state index in [1.54, 1.807) is 18.2 Å². The second-order valence-electron chi connectivity index (χ2n) is 5.36. The SMILES string of the molecule is CC[C@H](C)Oc1ccccc1/C=C(\C#N)C(=O)Nc1ccccc1. The van der Waals surface area contributed by atoms with Crippen molar-refractivity contribution in [2.75, 3.05) is 5.32 Å². The van der Waals surface area contributed by atoms with Gasteiger partial charge in [-0.1, -0.05) is 43.3 Å². The Kier molecular flexibility index (Phi) is 6.16. The zero-order chi connectivity index (χ0) is 17.4. The number of nitrogens with zero attached hydrogens (tertiary/aromatic N) is 1. The topological polar surface area (TPSA) is 62.1 Å². The Hall–Kier alpha value is -3.06. The van der Waals surface area contributed by atoms with Crippen LogP contribution in [0.5, 0.6) is 5.75 Å². The number of rotatable bonds is 6. The molecule has 0 radical (unpaired) electrons. The number of carbonyl (C=O) groups is 1. The quantitative estimate of drug-likeness (QED) is 0.633. The fourth-order valence-corrected chi connectivity index (χ4v) is 2.03. The van der Waals surface area contributed by atoms with Gasteiger partial charge in [-0.3, -0.25) is 4.79 Å². The summed E-state index contributed by atoms with van der Waals surface area (Å²) < 4.78 is 5.85. The van der Waals surface area contributed by atoms with Crippen LogP contribution >= 0.6 is 0 Å². The van der Waals surface area contributed by atoms with Crippen LogP contribution in [0, 0.1) is 11.3 Å². The highest BCUT2D eigenvalue weighted by Crippen LogP contribution is 2.23. The van der Waals surface area contributed by atoms with Gasteiger partial charge in [-0.2, -0.15) is 5.26 Å². The number of amides is 1. The van der Waals surface area contributed by atoms with E-state index >= 15 is 0 Å². The molecule has 24 heavy (non-hydrogen) atoms. The Morgan fingerprint density at radius 3 is 2.54 bits per heavy atom. The number of nitriles is 1. The number of benzene rings is 2. The normalized spacial score (nSPS) is 12.1. The van der Waals surface area contributed by atoms with E-state index in [9.17, 15) is 10.1 Å². The van der Waals surface area contributed by atoms with Gasteiger partial charge in [0.15, 0.2) is 0 Å². The Labute approximate surface area is 142 Å². The average Bonchev–Trinajstić information content (AvgIpc) is 2.61. The predicted molar refractivity (Wildman–Crippen MR) is 95.5 cm³/mol. The minimum absolute atomic E-state index is 0.0269. The van der Waals surface area contributed by atoms with Crippen molar-refractivity contribution in [3.8, 4) is 11.8 Å². The Bertz CT molecular complexity index is 761. The summed E-state index contributed by atoms with van der Waals surface area (Å²) in [6.45, 7) is 4.02. The van der Waals surface area contributed by atoms with E-state index in [-0.39, 0.29) is 11.7 Å². The molecule has 1 N–H and O–H groups in total. The third kappa shape index (κ3) is 4.72. The number of carbonyl (C=O) groups excluding carboxylic acids is 1. The molecule has 0 spiro atoms. The van der Waals surface area contributed by atoms with Crippen molar-refractivity contribution in [2.24, 2.45) is 0 Å². The van der Waals surface area contributed by atoms with Gasteiger partial charge in [-0.25, -0.2) is 0 Å². The minimum atomic E-state index is -0.443. The zero-order valence-electron chi connectivity index (χ0n) is 13.8. The fraction of sp³-hybridized carbons (Fsp3) is 0.200. The Balaban J connectivity index is 2.24. The molecule has 0 saturated heterocycles. The molecule has 4 heteroatoms. The number of hydrogen-bond acceptors (Lipinski definition) is 3. The summed E-state index contributed by atoms with van der Waals surface area (Å²) in [4.78, 5) is 12.3. The van der Waals surface area contributed by atoms with Crippen LogP contribution in [0.15, 0.2) is 60.2 Å². The maximum absolute atomic E-state index is 12.3. The Morgan fingerprint density at radius 1 is 1.21 bits per heavy atom. The van der Waals surface area contributed by atoms with E-state index in [4.69, 9.17) is 4.74 Å². The van der Waals surface area contributed by atoms with E-state index in [1.165, 1.54) is 0 Å². The van der Waals surface area contributed by atoms with Gasteiger partial charge in [0.2, 0.25) is 0 Å². The molecule has 0 unspecified atom stereocenters. The molecule has 0 bridgehead atoms. The molecule has 0 aliphatic rings. The zero-order valence-corrected chi connectivity index (χ0v) is 13.8. The third-order valence-electron chi connectivity index (χ3n) is 3.52. The van der Waals surface area contributed by atoms with Gasteiger partial charge < -0.3 is 10.1 Å². The first-order valence-corrected chi connectivity index (χ1v) is 7.88. The molecule has 1 atom stereocenters. The largest absolute Gasteiger partial charge is 0.490 e. The monoisotopic (exact) mass is 320 g/mol. The highest BCUT2D eigenvalue weighted by molar-refractivity contribution is 6.09. The fourth-order valence-electron chi connectivity index (χ4n) is 2.03. The highest BCUT2D eigenvalue weighted by Gasteiger charge is 2.12. The minimum Gasteiger partial charge on any atom is -0.490 e. The van der Waals surface area contributed by atoms with Gasteiger partial charge in [0.1, 0.15) is 17.4 Å². The molecule has 0 heterocycles. The predicted octanol–water partition coefficient (Wildman–Crippen LogP) is 4.41. The summed E-state index contributed by atoms with van der Waals surface area (Å²) in [5, 5.41) is 12.0. The van der Waals surface area contributed by atoms with Crippen LogP contribution in [0.2, 0.25) is 0 Å². The lowest BCUT2D eigenvalue weighted by atomic mass is 10.1. The van der Waals surface area contributed by atoms with Gasteiger partial charge in [0.25, 0.3) is 5.91 Å². The molecule has 0 aromatic heterocycles. The molecule has 2 aromatic rings. The van der Waals surface area contributed by atoms with Crippen molar-refractivity contribution in [2.45, 2.75) is 26.4 Å². The summed E-state index contributed by atoms with van der Waals surface area (Å²) in [5.74, 6) is 0.217. The second-order valence-corrected chi connectivity index (χ2v) is 5.36. The van der Waals surface area contributed by atoms with Crippen molar-refractivity contribution >= 4 is 17.7 Å². The van der Waals surface area contributed by atoms with E-state index in [2.05, 4.69) is 5.32 Å². The first kappa shape index (κ1) is 17.3. The van der Waals surface area contributed by atoms with Crippen molar-refractivity contribution in [1.82, 2.24) is 0 Å². The Morgan fingerprint density at radius 2 is 1.88 bits per heavy atom. The van der Waals surface area contributed by atoms with Crippen LogP contribution in [-0.2, 0) is 4.79 Å². The molecule has 2 aromatic carbocycles. The van der Waals surface area contributed by atoms with Crippen LogP contribution in [0.25, 0.3) is 6.08 Å². The molecule has 1 amide bonds. The van der Waals surface area contributed by atoms with Crippen LogP contribution in [-0.4, -0.2) is 12.0 Å². The van der Waals surface area contributed by atoms with Crippen molar-refractivity contribution in [3.05, 3.63) is 65.7 Å². The van der Waals surface area contributed by atoms with Gasteiger partial charge >= 0.3 is 0 Å². The molecule has 122 valence electrons. The van der Waals surface area contributed by atoms with E-state index in [0.717, 1.165) is 6.42 Å². The van der Waals surface area contributed by atoms with Gasteiger partial charge in [0, 0.05) is 11.3 Å².